The summed E-state index contributed by atoms with van der Waals surface area (Å²) in [6.45, 7) is 41.1. The van der Waals surface area contributed by atoms with Gasteiger partial charge in [0.05, 0.1) is 0 Å². The molecule has 4 aromatic carbocycles. The second-order valence-electron chi connectivity index (χ2n) is 17.1. The van der Waals surface area contributed by atoms with Crippen LogP contribution in [0.5, 0.6) is 0 Å². The highest BCUT2D eigenvalue weighted by molar-refractivity contribution is 5.91. The van der Waals surface area contributed by atoms with Crippen LogP contribution in [-0.2, 0) is 36.8 Å². The smallest absolute Gasteiger partial charge is 0.152 e. The molecule has 0 N–H and O–H groups in total. The maximum Gasteiger partial charge on any atom is 0.152 e. The van der Waals surface area contributed by atoms with Crippen LogP contribution in [0.15, 0.2) is 84.4 Å². The molecule has 0 aromatic heterocycles. The number of allylic oxidation sites excluding steroid dienone is 2. The summed E-state index contributed by atoms with van der Waals surface area (Å²) in [5.41, 5.74) is 16.5. The first-order valence-corrected chi connectivity index (χ1v) is 25.7. The molecule has 0 heterocycles. The van der Waals surface area contributed by atoms with Crippen molar-refractivity contribution in [3.8, 4) is 0 Å². The van der Waals surface area contributed by atoms with E-state index >= 15 is 0 Å². The van der Waals surface area contributed by atoms with Gasteiger partial charge in [-0.3, -0.25) is 4.79 Å². The van der Waals surface area contributed by atoms with Crippen LogP contribution in [0.2, 0.25) is 0 Å². The maximum atomic E-state index is 11.2. The molecule has 0 saturated carbocycles. The SMILES string of the molecule is C.CC.CC.CC.CC(=O)/C=C/c1ccc(C)cc1C.CC(=O)CCC(=Cc1ccc(C)cc1C)CCC(C)=O.CC(=O)CCc1ccc(C)cc1C.CCCCC(C)=O.CCc1ccc(C)cc1C. The maximum absolute atomic E-state index is 11.2. The lowest BCUT2D eigenvalue weighted by molar-refractivity contribution is -0.118. The first-order valence-electron chi connectivity index (χ1n) is 25.7. The number of carbonyl (C=O) groups is 5. The van der Waals surface area contributed by atoms with Gasteiger partial charge in [0.2, 0.25) is 0 Å². The molecule has 0 aliphatic carbocycles. The number of rotatable bonds is 16. The van der Waals surface area contributed by atoms with E-state index in [1.54, 1.807) is 40.7 Å². The number of hydrogen-bond donors (Lipinski definition) is 0. The van der Waals surface area contributed by atoms with Gasteiger partial charge in [0.1, 0.15) is 23.1 Å². The Kier molecular flexibility index (Phi) is 48.5. The van der Waals surface area contributed by atoms with E-state index in [4.69, 9.17) is 0 Å². The second kappa shape index (κ2) is 46.1. The molecule has 0 radical (unpaired) electrons. The summed E-state index contributed by atoms with van der Waals surface area (Å²) in [6.07, 6.45) is 13.8. The summed E-state index contributed by atoms with van der Waals surface area (Å²) in [6, 6.07) is 25.5. The van der Waals surface area contributed by atoms with E-state index in [2.05, 4.69) is 129 Å². The zero-order chi connectivity index (χ0) is 54.1. The minimum atomic E-state index is 0. The molecule has 0 fully saturated rings. The number of hydrogen-bond acceptors (Lipinski definition) is 5. The van der Waals surface area contributed by atoms with Crippen LogP contribution in [0.3, 0.4) is 0 Å². The van der Waals surface area contributed by atoms with Crippen LogP contribution < -0.4 is 0 Å². The van der Waals surface area contributed by atoms with E-state index in [1.807, 2.05) is 66.7 Å². The molecule has 5 heteroatoms. The molecule has 0 atom stereocenters. The van der Waals surface area contributed by atoms with Crippen LogP contribution in [-0.4, -0.2) is 28.9 Å². The fourth-order valence-electron chi connectivity index (χ4n) is 6.47. The fraction of sp³-hybridized carbons (Fsp3) is 0.492. The van der Waals surface area contributed by atoms with Gasteiger partial charge in [0.15, 0.2) is 5.78 Å². The third kappa shape index (κ3) is 40.6. The minimum absolute atomic E-state index is 0. The molecule has 4 rings (SSSR count). The summed E-state index contributed by atoms with van der Waals surface area (Å²) in [4.78, 5) is 54.0. The molecule has 0 bridgehead atoms. The molecule has 0 unspecified atom stereocenters. The van der Waals surface area contributed by atoms with Gasteiger partial charge in [-0.05, 0) is 173 Å². The second-order valence-corrected chi connectivity index (χ2v) is 17.1. The van der Waals surface area contributed by atoms with Crippen molar-refractivity contribution in [1.29, 1.82) is 0 Å². The topological polar surface area (TPSA) is 85.3 Å². The number of unbranched alkanes of at least 4 members (excludes halogenated alkanes) is 1. The van der Waals surface area contributed by atoms with Crippen molar-refractivity contribution in [1.82, 2.24) is 0 Å². The lowest BCUT2D eigenvalue weighted by Crippen LogP contribution is -1.96. The van der Waals surface area contributed by atoms with Crippen molar-refractivity contribution < 1.29 is 24.0 Å². The normalized spacial score (nSPS) is 9.33. The van der Waals surface area contributed by atoms with E-state index in [0.29, 0.717) is 25.0 Å². The quantitative estimate of drug-likeness (QED) is 0.104. The van der Waals surface area contributed by atoms with Crippen molar-refractivity contribution in [3.63, 3.8) is 0 Å². The van der Waals surface area contributed by atoms with E-state index in [9.17, 15) is 24.0 Å². The highest BCUT2D eigenvalue weighted by Crippen LogP contribution is 2.21. The Morgan fingerprint density at radius 2 is 0.786 bits per heavy atom. The Morgan fingerprint density at radius 3 is 1.10 bits per heavy atom. The lowest BCUT2D eigenvalue weighted by atomic mass is 9.97. The summed E-state index contributed by atoms with van der Waals surface area (Å²) >= 11 is 0. The highest BCUT2D eigenvalue weighted by Gasteiger charge is 2.05. The van der Waals surface area contributed by atoms with Gasteiger partial charge in [-0.15, -0.1) is 0 Å². The Labute approximate surface area is 431 Å². The van der Waals surface area contributed by atoms with E-state index in [-0.39, 0.29) is 30.6 Å². The van der Waals surface area contributed by atoms with Crippen LogP contribution >= 0.6 is 0 Å². The van der Waals surface area contributed by atoms with Crippen molar-refractivity contribution in [2.45, 2.75) is 217 Å². The molecule has 0 amide bonds. The van der Waals surface area contributed by atoms with Gasteiger partial charge in [-0.1, -0.05) is 182 Å². The standard InChI is InChI=1S/C18H24O2.C12H16O.C12H14O.C10H14.C6H12O.3C2H6.CH4/c1-13-5-10-18(14(2)11-13)12-17(8-6-15(3)19)9-7-16(4)20;2*1-9-4-6-12(10(2)8-9)7-5-11(3)13;1-4-10-6-5-8(2)7-9(10)3;1-3-4-5-6(2)7;3*1-2;/h5,10-12H,6-9H2,1-4H3;4,6,8H,5,7H2,1-3H3;4-8H,1-3H3;5-7H,4H2,1-3H3;3-5H2,1-2H3;3*1-2H3;1H4/b;;7-5+;;;;;;. The van der Waals surface area contributed by atoms with E-state index in [0.717, 1.165) is 50.5 Å². The Hall–Kier alpha value is -5.29. The summed E-state index contributed by atoms with van der Waals surface area (Å²) in [7, 11) is 0. The average molecular weight is 964 g/mol. The minimum Gasteiger partial charge on any atom is -0.300 e. The summed E-state index contributed by atoms with van der Waals surface area (Å²) in [5, 5.41) is 0. The number of benzene rings is 4. The monoisotopic (exact) mass is 963 g/mol. The molecular weight excluding hydrogens is 861 g/mol. The summed E-state index contributed by atoms with van der Waals surface area (Å²) in [5.74, 6) is 1.04. The molecule has 0 aliphatic heterocycles. The first kappa shape index (κ1) is 73.7. The first-order chi connectivity index (χ1) is 32.6. The van der Waals surface area contributed by atoms with Gasteiger partial charge in [-0.2, -0.15) is 0 Å². The van der Waals surface area contributed by atoms with Crippen molar-refractivity contribution >= 4 is 41.1 Å². The molecule has 5 nitrogen and oxygen atoms in total. The van der Waals surface area contributed by atoms with Gasteiger partial charge in [0, 0.05) is 25.7 Å². The zero-order valence-electron chi connectivity index (χ0n) is 47.8. The summed E-state index contributed by atoms with van der Waals surface area (Å²) < 4.78 is 0. The molecule has 0 spiro atoms. The Balaban J connectivity index is -0.000000252. The predicted molar refractivity (Wildman–Crippen MR) is 311 cm³/mol. The number of ketones is 5. The largest absolute Gasteiger partial charge is 0.300 e. The molecule has 70 heavy (non-hydrogen) atoms. The van der Waals surface area contributed by atoms with E-state index < -0.39 is 0 Å². The third-order valence-corrected chi connectivity index (χ3v) is 10.3. The number of aryl methyl sites for hydroxylation is 10. The molecule has 4 aromatic rings. The van der Waals surface area contributed by atoms with Crippen LogP contribution in [0.25, 0.3) is 12.2 Å². The van der Waals surface area contributed by atoms with Gasteiger partial charge in [-0.25, -0.2) is 0 Å². The highest BCUT2D eigenvalue weighted by atomic mass is 16.1. The van der Waals surface area contributed by atoms with Gasteiger partial charge < -0.3 is 19.2 Å². The predicted octanol–water partition coefficient (Wildman–Crippen LogP) is 18.5. The van der Waals surface area contributed by atoms with Crippen molar-refractivity contribution in [3.05, 3.63) is 151 Å². The third-order valence-electron chi connectivity index (χ3n) is 10.3. The molecule has 392 valence electrons. The Morgan fingerprint density at radius 1 is 0.429 bits per heavy atom. The van der Waals surface area contributed by atoms with Crippen LogP contribution in [0.1, 0.15) is 216 Å². The average Bonchev–Trinajstić information content (AvgIpc) is 3.29. The van der Waals surface area contributed by atoms with Gasteiger partial charge in [0.25, 0.3) is 0 Å². The fourth-order valence-corrected chi connectivity index (χ4v) is 6.47. The van der Waals surface area contributed by atoms with Crippen molar-refractivity contribution in [2.75, 3.05) is 0 Å². The zero-order valence-corrected chi connectivity index (χ0v) is 47.8. The van der Waals surface area contributed by atoms with Gasteiger partial charge >= 0.3 is 0 Å². The molecule has 0 saturated heterocycles. The number of Topliss-reactive ketones (excluding diaryl/α,β-unsaturated/α-hetero) is 4. The van der Waals surface area contributed by atoms with Crippen LogP contribution in [0, 0.1) is 55.4 Å². The molecule has 0 aliphatic rings. The molecular formula is C65H102O5. The lowest BCUT2D eigenvalue weighted by Gasteiger charge is -2.08. The van der Waals surface area contributed by atoms with Crippen LogP contribution in [0.4, 0.5) is 0 Å². The van der Waals surface area contributed by atoms with Crippen molar-refractivity contribution in [2.24, 2.45) is 0 Å². The van der Waals surface area contributed by atoms with E-state index in [1.165, 1.54) is 66.8 Å². The Bertz CT molecular complexity index is 2110. The number of carbonyl (C=O) groups excluding carboxylic acids is 5.